The van der Waals surface area contributed by atoms with Crippen molar-refractivity contribution in [3.05, 3.63) is 0 Å². The molecule has 1 rings (SSSR count). The van der Waals surface area contributed by atoms with E-state index in [1.165, 1.54) is 38.6 Å². The van der Waals surface area contributed by atoms with Gasteiger partial charge in [0.15, 0.2) is 0 Å². The SMILES string of the molecule is CCC(C=O)(CC)CN1CCCC(C(C)C)CC1. The maximum atomic E-state index is 11.4. The first-order valence-electron chi connectivity index (χ1n) is 7.75. The van der Waals surface area contributed by atoms with Crippen LogP contribution in [0, 0.1) is 17.3 Å². The molecule has 0 saturated carbocycles. The summed E-state index contributed by atoms with van der Waals surface area (Å²) in [5.74, 6) is 1.68. The first-order valence-corrected chi connectivity index (χ1v) is 7.75. The van der Waals surface area contributed by atoms with Gasteiger partial charge in [0, 0.05) is 12.0 Å². The molecule has 0 amide bonds. The smallest absolute Gasteiger partial charge is 0.127 e. The summed E-state index contributed by atoms with van der Waals surface area (Å²) in [4.78, 5) is 13.9. The molecule has 0 N–H and O–H groups in total. The molecular formula is C16H31NO. The summed E-state index contributed by atoms with van der Waals surface area (Å²) in [5.41, 5.74) is -0.0995. The third kappa shape index (κ3) is 4.08. The molecule has 0 aromatic rings. The number of likely N-dealkylation sites (tertiary alicyclic amines) is 1. The second-order valence-electron chi connectivity index (χ2n) is 6.40. The highest BCUT2D eigenvalue weighted by Crippen LogP contribution is 2.29. The zero-order valence-corrected chi connectivity index (χ0v) is 12.7. The van der Waals surface area contributed by atoms with Crippen molar-refractivity contribution >= 4 is 6.29 Å². The standard InChI is InChI=1S/C16H31NO/c1-5-16(6-2,13-18)12-17-10-7-8-15(9-11-17)14(3)4/h13-15H,5-12H2,1-4H3. The number of carbonyl (C=O) groups excluding carboxylic acids is 1. The lowest BCUT2D eigenvalue weighted by molar-refractivity contribution is -0.117. The van der Waals surface area contributed by atoms with Crippen LogP contribution in [0.2, 0.25) is 0 Å². The molecule has 2 heteroatoms. The molecule has 0 radical (unpaired) electrons. The molecule has 1 unspecified atom stereocenters. The second kappa shape index (κ2) is 7.28. The summed E-state index contributed by atoms with van der Waals surface area (Å²) in [6.07, 6.45) is 7.11. The Labute approximate surface area is 113 Å². The van der Waals surface area contributed by atoms with Crippen LogP contribution < -0.4 is 0 Å². The van der Waals surface area contributed by atoms with Crippen LogP contribution in [0.25, 0.3) is 0 Å². The van der Waals surface area contributed by atoms with E-state index in [9.17, 15) is 4.79 Å². The Kier molecular flexibility index (Phi) is 6.34. The lowest BCUT2D eigenvalue weighted by atomic mass is 9.83. The molecule has 1 aliphatic heterocycles. The molecule has 0 aromatic carbocycles. The average molecular weight is 253 g/mol. The Balaban J connectivity index is 2.55. The number of hydrogen-bond acceptors (Lipinski definition) is 2. The van der Waals surface area contributed by atoms with Gasteiger partial charge < -0.3 is 9.69 Å². The Bertz CT molecular complexity index is 245. The molecule has 18 heavy (non-hydrogen) atoms. The van der Waals surface area contributed by atoms with Gasteiger partial charge >= 0.3 is 0 Å². The molecule has 0 spiro atoms. The third-order valence-corrected chi connectivity index (χ3v) is 5.00. The van der Waals surface area contributed by atoms with Gasteiger partial charge in [-0.3, -0.25) is 0 Å². The fourth-order valence-electron chi connectivity index (χ4n) is 3.13. The number of rotatable bonds is 6. The molecule has 1 aliphatic rings. The van der Waals surface area contributed by atoms with E-state index < -0.39 is 0 Å². The van der Waals surface area contributed by atoms with E-state index >= 15 is 0 Å². The highest BCUT2D eigenvalue weighted by atomic mass is 16.1. The summed E-state index contributed by atoms with van der Waals surface area (Å²) in [6.45, 7) is 12.3. The van der Waals surface area contributed by atoms with Gasteiger partial charge in [0.05, 0.1) is 0 Å². The van der Waals surface area contributed by atoms with Crippen molar-refractivity contribution in [2.75, 3.05) is 19.6 Å². The molecule has 0 aliphatic carbocycles. The number of nitrogens with zero attached hydrogens (tertiary/aromatic N) is 1. The zero-order chi connectivity index (χ0) is 13.6. The van der Waals surface area contributed by atoms with Gasteiger partial charge in [-0.15, -0.1) is 0 Å². The molecule has 0 aromatic heterocycles. The first kappa shape index (κ1) is 15.7. The van der Waals surface area contributed by atoms with Crippen LogP contribution in [0.3, 0.4) is 0 Å². The van der Waals surface area contributed by atoms with Crippen LogP contribution in [0.5, 0.6) is 0 Å². The normalized spacial score (nSPS) is 23.1. The average Bonchev–Trinajstić information content (AvgIpc) is 2.61. The Morgan fingerprint density at radius 3 is 2.39 bits per heavy atom. The Hall–Kier alpha value is -0.370. The fraction of sp³-hybridized carbons (Fsp3) is 0.938. The summed E-state index contributed by atoms with van der Waals surface area (Å²) in [7, 11) is 0. The second-order valence-corrected chi connectivity index (χ2v) is 6.40. The van der Waals surface area contributed by atoms with Gasteiger partial charge in [-0.25, -0.2) is 0 Å². The van der Waals surface area contributed by atoms with Crippen molar-refractivity contribution in [2.24, 2.45) is 17.3 Å². The van der Waals surface area contributed by atoms with E-state index in [0.717, 1.165) is 31.2 Å². The predicted octanol–water partition coefficient (Wildman–Crippen LogP) is 3.75. The van der Waals surface area contributed by atoms with Crippen molar-refractivity contribution < 1.29 is 4.79 Å². The minimum atomic E-state index is -0.0995. The molecule has 106 valence electrons. The molecule has 2 nitrogen and oxygen atoms in total. The molecule has 0 bridgehead atoms. The lowest BCUT2D eigenvalue weighted by Crippen LogP contribution is -2.39. The predicted molar refractivity (Wildman–Crippen MR) is 77.7 cm³/mol. The fourth-order valence-corrected chi connectivity index (χ4v) is 3.13. The van der Waals surface area contributed by atoms with Gasteiger partial charge in [-0.1, -0.05) is 27.7 Å². The van der Waals surface area contributed by atoms with Crippen molar-refractivity contribution in [1.29, 1.82) is 0 Å². The molecule has 1 saturated heterocycles. The van der Waals surface area contributed by atoms with Crippen molar-refractivity contribution in [1.82, 2.24) is 4.90 Å². The topological polar surface area (TPSA) is 20.3 Å². The number of hydrogen-bond donors (Lipinski definition) is 0. The van der Waals surface area contributed by atoms with E-state index in [2.05, 4.69) is 32.6 Å². The van der Waals surface area contributed by atoms with E-state index in [1.54, 1.807) is 0 Å². The van der Waals surface area contributed by atoms with Gasteiger partial charge in [0.2, 0.25) is 0 Å². The van der Waals surface area contributed by atoms with Gasteiger partial charge in [0.1, 0.15) is 6.29 Å². The van der Waals surface area contributed by atoms with Crippen molar-refractivity contribution in [3.63, 3.8) is 0 Å². The minimum absolute atomic E-state index is 0.0995. The zero-order valence-electron chi connectivity index (χ0n) is 12.7. The van der Waals surface area contributed by atoms with Gasteiger partial charge in [-0.2, -0.15) is 0 Å². The third-order valence-electron chi connectivity index (χ3n) is 5.00. The van der Waals surface area contributed by atoms with E-state index in [1.807, 2.05) is 0 Å². The largest absolute Gasteiger partial charge is 0.303 e. The molecule has 1 atom stereocenters. The first-order chi connectivity index (χ1) is 8.56. The van der Waals surface area contributed by atoms with Gasteiger partial charge in [0.25, 0.3) is 0 Å². The maximum absolute atomic E-state index is 11.4. The highest BCUT2D eigenvalue weighted by Gasteiger charge is 2.29. The summed E-state index contributed by atoms with van der Waals surface area (Å²) >= 11 is 0. The highest BCUT2D eigenvalue weighted by molar-refractivity contribution is 5.59. The van der Waals surface area contributed by atoms with Crippen LogP contribution >= 0.6 is 0 Å². The molecule has 1 fully saturated rings. The summed E-state index contributed by atoms with van der Waals surface area (Å²) in [5, 5.41) is 0. The Morgan fingerprint density at radius 2 is 1.89 bits per heavy atom. The van der Waals surface area contributed by atoms with Gasteiger partial charge in [-0.05, 0) is 57.0 Å². The van der Waals surface area contributed by atoms with Crippen molar-refractivity contribution in [2.45, 2.75) is 59.8 Å². The minimum Gasteiger partial charge on any atom is -0.303 e. The summed E-state index contributed by atoms with van der Waals surface area (Å²) in [6, 6.07) is 0. The Morgan fingerprint density at radius 1 is 1.22 bits per heavy atom. The van der Waals surface area contributed by atoms with Crippen LogP contribution in [-0.2, 0) is 4.79 Å². The monoisotopic (exact) mass is 253 g/mol. The van der Waals surface area contributed by atoms with Crippen LogP contribution in [-0.4, -0.2) is 30.8 Å². The van der Waals surface area contributed by atoms with Crippen LogP contribution in [0.4, 0.5) is 0 Å². The lowest BCUT2D eigenvalue weighted by Gasteiger charge is -2.32. The van der Waals surface area contributed by atoms with E-state index in [-0.39, 0.29) is 5.41 Å². The van der Waals surface area contributed by atoms with Crippen molar-refractivity contribution in [3.8, 4) is 0 Å². The maximum Gasteiger partial charge on any atom is 0.127 e. The number of carbonyl (C=O) groups is 1. The van der Waals surface area contributed by atoms with Crippen LogP contribution in [0.1, 0.15) is 59.8 Å². The summed E-state index contributed by atoms with van der Waals surface area (Å²) < 4.78 is 0. The van der Waals surface area contributed by atoms with E-state index in [0.29, 0.717) is 0 Å². The van der Waals surface area contributed by atoms with E-state index in [4.69, 9.17) is 0 Å². The number of aldehydes is 1. The molecule has 1 heterocycles. The van der Waals surface area contributed by atoms with Crippen LogP contribution in [0.15, 0.2) is 0 Å². The quantitative estimate of drug-likeness (QED) is 0.672. The molecular weight excluding hydrogens is 222 g/mol.